The van der Waals surface area contributed by atoms with Crippen LogP contribution in [0.2, 0.25) is 0 Å². The Morgan fingerprint density at radius 2 is 1.86 bits per heavy atom. The smallest absolute Gasteiger partial charge is 0.416 e. The van der Waals surface area contributed by atoms with Gasteiger partial charge in [0.2, 0.25) is 5.91 Å². The van der Waals surface area contributed by atoms with Gasteiger partial charge >= 0.3 is 12.1 Å². The third kappa shape index (κ3) is 4.78. The molecule has 0 unspecified atom stereocenters. The molecule has 0 bridgehead atoms. The van der Waals surface area contributed by atoms with E-state index < -0.39 is 36.0 Å². The van der Waals surface area contributed by atoms with E-state index in [9.17, 15) is 27.9 Å². The molecule has 0 aliphatic heterocycles. The van der Waals surface area contributed by atoms with Gasteiger partial charge in [-0.1, -0.05) is 30.3 Å². The summed E-state index contributed by atoms with van der Waals surface area (Å²) in [4.78, 5) is 27.8. The number of hydrogen-bond acceptors (Lipinski definition) is 4. The first-order valence-electron chi connectivity index (χ1n) is 8.39. The lowest BCUT2D eigenvalue weighted by Crippen LogP contribution is -2.22. The van der Waals surface area contributed by atoms with Crippen LogP contribution in [0.4, 0.5) is 18.9 Å². The maximum absolute atomic E-state index is 13.1. The zero-order valence-corrected chi connectivity index (χ0v) is 14.8. The number of anilines is 1. The molecule has 3 aromatic rings. The van der Waals surface area contributed by atoms with Crippen molar-refractivity contribution < 1.29 is 27.9 Å². The number of hydrogen-bond donors (Lipinski definition) is 2. The molecule has 0 saturated carbocycles. The fraction of sp³-hybridized carbons (Fsp3) is 0.158. The highest BCUT2D eigenvalue weighted by molar-refractivity contribution is 5.96. The number of aliphatic carboxylic acids is 1. The van der Waals surface area contributed by atoms with Crippen LogP contribution in [0.5, 0.6) is 0 Å². The van der Waals surface area contributed by atoms with E-state index in [1.165, 1.54) is 17.3 Å². The molecular formula is C19H15F3N4O3. The van der Waals surface area contributed by atoms with Gasteiger partial charge in [-0.15, -0.1) is 0 Å². The number of nitrogens with one attached hydrogen (secondary N) is 1. The van der Waals surface area contributed by atoms with Crippen molar-refractivity contribution in [2.75, 3.05) is 5.32 Å². The molecular weight excluding hydrogens is 389 g/mol. The predicted octanol–water partition coefficient (Wildman–Crippen LogP) is 3.48. The van der Waals surface area contributed by atoms with Crippen molar-refractivity contribution in [1.29, 1.82) is 0 Å². The van der Waals surface area contributed by atoms with Gasteiger partial charge in [-0.25, -0.2) is 9.67 Å². The number of carbonyl (C=O) groups is 2. The summed E-state index contributed by atoms with van der Waals surface area (Å²) in [6.45, 7) is 0. The first kappa shape index (κ1) is 20.1. The van der Waals surface area contributed by atoms with E-state index in [2.05, 4.69) is 15.4 Å². The molecule has 2 aromatic carbocycles. The molecule has 1 amide bonds. The van der Waals surface area contributed by atoms with Gasteiger partial charge in [-0.3, -0.25) is 9.59 Å². The van der Waals surface area contributed by atoms with Crippen molar-refractivity contribution in [2.45, 2.75) is 18.5 Å². The first-order chi connectivity index (χ1) is 13.8. The van der Waals surface area contributed by atoms with Crippen LogP contribution in [-0.2, 0) is 15.8 Å². The van der Waals surface area contributed by atoms with Gasteiger partial charge in [0.15, 0.2) is 0 Å². The monoisotopic (exact) mass is 404 g/mol. The van der Waals surface area contributed by atoms with E-state index in [1.54, 1.807) is 30.3 Å². The Bertz CT molecular complexity index is 1010. The minimum Gasteiger partial charge on any atom is -0.481 e. The summed E-state index contributed by atoms with van der Waals surface area (Å²) >= 11 is 0. The van der Waals surface area contributed by atoms with Gasteiger partial charge in [0.1, 0.15) is 12.7 Å². The number of aromatic nitrogens is 3. The summed E-state index contributed by atoms with van der Waals surface area (Å²) in [7, 11) is 0. The van der Waals surface area contributed by atoms with Gasteiger partial charge in [0, 0.05) is 6.42 Å². The number of carboxylic acids is 1. The van der Waals surface area contributed by atoms with E-state index in [0.717, 1.165) is 18.2 Å². The normalized spacial score (nSPS) is 12.4. The van der Waals surface area contributed by atoms with Crippen LogP contribution >= 0.6 is 0 Å². The second-order valence-corrected chi connectivity index (χ2v) is 6.12. The molecule has 7 nitrogen and oxygen atoms in total. The number of benzene rings is 2. The van der Waals surface area contributed by atoms with Crippen molar-refractivity contribution in [3.8, 4) is 5.69 Å². The standard InChI is InChI=1S/C19H15F3N4O3/c20-19(21,22)13-6-7-16(26-11-23-10-24-26)15(8-13)25-17(27)9-14(18(28)29)12-4-2-1-3-5-12/h1-8,10-11,14H,9H2,(H,25,27)(H,28,29)/t14-/m1/s1. The SMILES string of the molecule is O=C(C[C@@H](C(=O)O)c1ccccc1)Nc1cc(C(F)(F)F)ccc1-n1cncn1. The Morgan fingerprint density at radius 3 is 2.45 bits per heavy atom. The van der Waals surface area contributed by atoms with Crippen LogP contribution in [0.1, 0.15) is 23.5 Å². The zero-order chi connectivity index (χ0) is 21.0. The number of carbonyl (C=O) groups excluding carboxylic acids is 1. The molecule has 29 heavy (non-hydrogen) atoms. The van der Waals surface area contributed by atoms with Gasteiger partial charge in [-0.2, -0.15) is 18.3 Å². The maximum atomic E-state index is 13.1. The van der Waals surface area contributed by atoms with Crippen molar-refractivity contribution in [3.05, 3.63) is 72.3 Å². The van der Waals surface area contributed by atoms with Crippen LogP contribution in [0.25, 0.3) is 5.69 Å². The highest BCUT2D eigenvalue weighted by atomic mass is 19.4. The van der Waals surface area contributed by atoms with Crippen LogP contribution in [0.3, 0.4) is 0 Å². The molecule has 0 spiro atoms. The molecule has 0 aliphatic carbocycles. The summed E-state index contributed by atoms with van der Waals surface area (Å²) in [6, 6.07) is 10.9. The Kier molecular flexibility index (Phi) is 5.62. The maximum Gasteiger partial charge on any atom is 0.416 e. The van der Waals surface area contributed by atoms with Crippen LogP contribution < -0.4 is 5.32 Å². The van der Waals surface area contributed by atoms with E-state index in [0.29, 0.717) is 5.56 Å². The zero-order valence-electron chi connectivity index (χ0n) is 14.8. The van der Waals surface area contributed by atoms with Crippen molar-refractivity contribution in [1.82, 2.24) is 14.8 Å². The number of halogens is 3. The predicted molar refractivity (Wildman–Crippen MR) is 96.4 cm³/mol. The van der Waals surface area contributed by atoms with E-state index in [1.807, 2.05) is 0 Å². The molecule has 0 saturated heterocycles. The van der Waals surface area contributed by atoms with Gasteiger partial charge in [0.25, 0.3) is 0 Å². The third-order valence-corrected chi connectivity index (χ3v) is 4.15. The minimum absolute atomic E-state index is 0.160. The molecule has 1 aromatic heterocycles. The lowest BCUT2D eigenvalue weighted by molar-refractivity contribution is -0.140. The molecule has 3 rings (SSSR count). The molecule has 0 aliphatic rings. The van der Waals surface area contributed by atoms with Gasteiger partial charge in [-0.05, 0) is 23.8 Å². The van der Waals surface area contributed by atoms with Crippen LogP contribution in [-0.4, -0.2) is 31.7 Å². The summed E-state index contributed by atoms with van der Waals surface area (Å²) in [5.41, 5.74) is -0.548. The molecule has 0 radical (unpaired) electrons. The fourth-order valence-electron chi connectivity index (χ4n) is 2.76. The topological polar surface area (TPSA) is 97.1 Å². The fourth-order valence-corrected chi connectivity index (χ4v) is 2.76. The van der Waals surface area contributed by atoms with Gasteiger partial charge < -0.3 is 10.4 Å². The molecule has 1 heterocycles. The van der Waals surface area contributed by atoms with Crippen LogP contribution in [0, 0.1) is 0 Å². The largest absolute Gasteiger partial charge is 0.481 e. The van der Waals surface area contributed by atoms with Crippen molar-refractivity contribution >= 4 is 17.6 Å². The summed E-state index contributed by atoms with van der Waals surface area (Å²) in [6.07, 6.45) is -2.61. The van der Waals surface area contributed by atoms with Crippen molar-refractivity contribution in [3.63, 3.8) is 0 Å². The molecule has 1 atom stereocenters. The average molecular weight is 404 g/mol. The lowest BCUT2D eigenvalue weighted by Gasteiger charge is -2.16. The second-order valence-electron chi connectivity index (χ2n) is 6.12. The van der Waals surface area contributed by atoms with Crippen LogP contribution in [0.15, 0.2) is 61.2 Å². The quantitative estimate of drug-likeness (QED) is 0.656. The average Bonchev–Trinajstić information content (AvgIpc) is 3.20. The third-order valence-electron chi connectivity index (χ3n) is 4.15. The Balaban J connectivity index is 1.89. The van der Waals surface area contributed by atoms with E-state index in [-0.39, 0.29) is 11.4 Å². The second kappa shape index (κ2) is 8.13. The van der Waals surface area contributed by atoms with Crippen molar-refractivity contribution in [2.24, 2.45) is 0 Å². The minimum atomic E-state index is -4.62. The number of nitrogens with zero attached hydrogens (tertiary/aromatic N) is 3. The highest BCUT2D eigenvalue weighted by Crippen LogP contribution is 2.33. The van der Waals surface area contributed by atoms with E-state index >= 15 is 0 Å². The number of amides is 1. The Labute approximate surface area is 162 Å². The lowest BCUT2D eigenvalue weighted by atomic mass is 9.95. The summed E-state index contributed by atoms with van der Waals surface area (Å²) in [5, 5.41) is 15.7. The molecule has 0 fully saturated rings. The molecule has 150 valence electrons. The number of rotatable bonds is 6. The molecule has 10 heteroatoms. The Morgan fingerprint density at radius 1 is 1.14 bits per heavy atom. The summed E-state index contributed by atoms with van der Waals surface area (Å²) < 4.78 is 40.5. The molecule has 2 N–H and O–H groups in total. The number of carboxylic acid groups (broad SMARTS) is 1. The first-order valence-corrected chi connectivity index (χ1v) is 8.39. The number of alkyl halides is 3. The highest BCUT2D eigenvalue weighted by Gasteiger charge is 2.32. The Hall–Kier alpha value is -3.69. The van der Waals surface area contributed by atoms with Gasteiger partial charge in [0.05, 0.1) is 22.9 Å². The summed E-state index contributed by atoms with van der Waals surface area (Å²) in [5.74, 6) is -3.11. The van der Waals surface area contributed by atoms with E-state index in [4.69, 9.17) is 0 Å².